The average Bonchev–Trinajstić information content (AvgIpc) is 2.51. The zero-order chi connectivity index (χ0) is 16.5. The van der Waals surface area contributed by atoms with Crippen LogP contribution in [0.5, 0.6) is 0 Å². The molecule has 0 aliphatic rings. The van der Waals surface area contributed by atoms with Crippen LogP contribution in [0.25, 0.3) is 0 Å². The summed E-state index contributed by atoms with van der Waals surface area (Å²) < 4.78 is 0. The van der Waals surface area contributed by atoms with Crippen molar-refractivity contribution in [2.75, 3.05) is 14.1 Å². The van der Waals surface area contributed by atoms with Crippen molar-refractivity contribution in [2.45, 2.75) is 109 Å². The second kappa shape index (κ2) is 20.0. The van der Waals surface area contributed by atoms with Crippen LogP contribution in [0.2, 0.25) is 0 Å². The summed E-state index contributed by atoms with van der Waals surface area (Å²) in [6.45, 7) is 6.22. The minimum atomic E-state index is 0. The van der Waals surface area contributed by atoms with Gasteiger partial charge in [-0.05, 0) is 20.5 Å². The number of hydrogen-bond donors (Lipinski definition) is 0. The number of unbranched alkanes of at least 4 members (excludes halogenated alkanes) is 13. The van der Waals surface area contributed by atoms with Crippen molar-refractivity contribution in [3.05, 3.63) is 12.7 Å². The van der Waals surface area contributed by atoms with E-state index in [1.165, 1.54) is 96.3 Å². The lowest BCUT2D eigenvalue weighted by Crippen LogP contribution is -2.25. The van der Waals surface area contributed by atoms with E-state index in [1.54, 1.807) is 0 Å². The van der Waals surface area contributed by atoms with Gasteiger partial charge in [-0.25, -0.2) is 0 Å². The smallest absolute Gasteiger partial charge is 0.0269 e. The third kappa shape index (κ3) is 18.2. The highest BCUT2D eigenvalue weighted by Gasteiger charge is 2.05. The average molecular weight is 346 g/mol. The van der Waals surface area contributed by atoms with Crippen LogP contribution in [0.15, 0.2) is 12.7 Å². The highest BCUT2D eigenvalue weighted by atomic mass is 35.5. The number of nitrogens with zero attached hydrogens (tertiary/aromatic N) is 1. The van der Waals surface area contributed by atoms with E-state index in [4.69, 9.17) is 0 Å². The van der Waals surface area contributed by atoms with E-state index in [0.717, 1.165) is 0 Å². The molecule has 0 aliphatic heterocycles. The minimum absolute atomic E-state index is 0. The van der Waals surface area contributed by atoms with Gasteiger partial charge in [0.05, 0.1) is 0 Å². The first-order valence-corrected chi connectivity index (χ1v) is 10.0. The van der Waals surface area contributed by atoms with Gasteiger partial charge in [0.2, 0.25) is 0 Å². The topological polar surface area (TPSA) is 3.24 Å². The Hall–Kier alpha value is -0.0100. The van der Waals surface area contributed by atoms with Crippen LogP contribution in [-0.4, -0.2) is 25.0 Å². The maximum atomic E-state index is 3.93. The monoisotopic (exact) mass is 345 g/mol. The molecule has 0 spiro atoms. The summed E-state index contributed by atoms with van der Waals surface area (Å²) in [5.74, 6) is 0. The zero-order valence-corrected chi connectivity index (χ0v) is 17.1. The second-order valence-electron chi connectivity index (χ2n) is 7.15. The number of halogens is 1. The molecule has 23 heavy (non-hydrogen) atoms. The lowest BCUT2D eigenvalue weighted by atomic mass is 10.0. The first-order chi connectivity index (χ1) is 10.7. The van der Waals surface area contributed by atoms with E-state index < -0.39 is 0 Å². The van der Waals surface area contributed by atoms with Gasteiger partial charge in [-0.1, -0.05) is 103 Å². The van der Waals surface area contributed by atoms with Crippen LogP contribution >= 0.6 is 12.4 Å². The number of likely N-dealkylation sites (N-methyl/N-ethyl adjacent to an activating group) is 1. The summed E-state index contributed by atoms with van der Waals surface area (Å²) in [5, 5.41) is 0. The van der Waals surface area contributed by atoms with Gasteiger partial charge in [-0.2, -0.15) is 0 Å². The fourth-order valence-corrected chi connectivity index (χ4v) is 3.13. The van der Waals surface area contributed by atoms with Crippen molar-refractivity contribution in [3.8, 4) is 0 Å². The molecule has 0 saturated carbocycles. The Morgan fingerprint density at radius 3 is 1.35 bits per heavy atom. The van der Waals surface area contributed by atoms with Gasteiger partial charge in [0.25, 0.3) is 0 Å². The van der Waals surface area contributed by atoms with Gasteiger partial charge < -0.3 is 4.90 Å². The fourth-order valence-electron chi connectivity index (χ4n) is 3.13. The van der Waals surface area contributed by atoms with Crippen molar-refractivity contribution in [2.24, 2.45) is 0 Å². The van der Waals surface area contributed by atoms with Crippen molar-refractivity contribution in [3.63, 3.8) is 0 Å². The molecule has 0 aliphatic carbocycles. The van der Waals surface area contributed by atoms with E-state index >= 15 is 0 Å². The Labute approximate surface area is 153 Å². The van der Waals surface area contributed by atoms with Crippen LogP contribution in [0.3, 0.4) is 0 Å². The van der Waals surface area contributed by atoms with Crippen molar-refractivity contribution in [1.82, 2.24) is 4.90 Å². The summed E-state index contributed by atoms with van der Waals surface area (Å²) in [6, 6.07) is 0.567. The molecule has 140 valence electrons. The van der Waals surface area contributed by atoms with E-state index in [1.807, 2.05) is 0 Å². The molecule has 0 amide bonds. The molecule has 0 fully saturated rings. The molecule has 1 atom stereocenters. The molecule has 0 aromatic rings. The highest BCUT2D eigenvalue weighted by Crippen LogP contribution is 2.14. The molecule has 0 heterocycles. The Bertz CT molecular complexity index is 228. The van der Waals surface area contributed by atoms with Gasteiger partial charge in [0, 0.05) is 6.04 Å². The summed E-state index contributed by atoms with van der Waals surface area (Å²) >= 11 is 0. The van der Waals surface area contributed by atoms with Crippen LogP contribution in [0.1, 0.15) is 103 Å². The van der Waals surface area contributed by atoms with Crippen LogP contribution in [0, 0.1) is 0 Å². The molecule has 1 nitrogen and oxygen atoms in total. The molecule has 0 N–H and O–H groups in total. The molecular formula is C21H44ClN. The second-order valence-corrected chi connectivity index (χ2v) is 7.15. The van der Waals surface area contributed by atoms with E-state index in [2.05, 4.69) is 38.6 Å². The van der Waals surface area contributed by atoms with Crippen molar-refractivity contribution < 1.29 is 0 Å². The summed E-state index contributed by atoms with van der Waals surface area (Å²) in [6.07, 6.45) is 23.5. The standard InChI is InChI=1S/C21H43N.ClH/c1-5-7-8-9-10-11-12-13-14-15-16-17-18-19-20-21(6-2)22(3)4;/h6,21H,2,5,7-20H2,1,3-4H3;1H. The molecule has 0 radical (unpaired) electrons. The first-order valence-electron chi connectivity index (χ1n) is 10.0. The van der Waals surface area contributed by atoms with Gasteiger partial charge in [-0.15, -0.1) is 19.0 Å². The van der Waals surface area contributed by atoms with Gasteiger partial charge in [0.1, 0.15) is 0 Å². The van der Waals surface area contributed by atoms with Gasteiger partial charge in [0.15, 0.2) is 0 Å². The van der Waals surface area contributed by atoms with Crippen molar-refractivity contribution >= 4 is 12.4 Å². The largest absolute Gasteiger partial charge is 0.303 e. The molecule has 2 heteroatoms. The fraction of sp³-hybridized carbons (Fsp3) is 0.905. The highest BCUT2D eigenvalue weighted by molar-refractivity contribution is 5.85. The third-order valence-electron chi connectivity index (χ3n) is 4.79. The Balaban J connectivity index is 0. The Kier molecular flexibility index (Phi) is 22.0. The predicted molar refractivity (Wildman–Crippen MR) is 110 cm³/mol. The Morgan fingerprint density at radius 1 is 0.696 bits per heavy atom. The summed E-state index contributed by atoms with van der Waals surface area (Å²) in [7, 11) is 4.30. The quantitative estimate of drug-likeness (QED) is 0.196. The molecule has 0 aromatic carbocycles. The Morgan fingerprint density at radius 2 is 1.04 bits per heavy atom. The lowest BCUT2D eigenvalue weighted by Gasteiger charge is -2.20. The van der Waals surface area contributed by atoms with Crippen LogP contribution in [-0.2, 0) is 0 Å². The molecule has 0 saturated heterocycles. The van der Waals surface area contributed by atoms with Crippen LogP contribution < -0.4 is 0 Å². The van der Waals surface area contributed by atoms with E-state index in [0.29, 0.717) is 6.04 Å². The predicted octanol–water partition coefficient (Wildman–Crippen LogP) is 7.40. The normalized spacial score (nSPS) is 12.2. The van der Waals surface area contributed by atoms with Crippen LogP contribution in [0.4, 0.5) is 0 Å². The maximum Gasteiger partial charge on any atom is 0.0269 e. The summed E-state index contributed by atoms with van der Waals surface area (Å²) in [5.41, 5.74) is 0. The molecule has 0 rings (SSSR count). The molecule has 0 bridgehead atoms. The van der Waals surface area contributed by atoms with E-state index in [9.17, 15) is 0 Å². The SMILES string of the molecule is C=CC(CCCCCCCCCCCCCCCC)N(C)C.Cl. The summed E-state index contributed by atoms with van der Waals surface area (Å²) in [4.78, 5) is 2.27. The maximum absolute atomic E-state index is 3.93. The lowest BCUT2D eigenvalue weighted by molar-refractivity contribution is 0.319. The molecular weight excluding hydrogens is 302 g/mol. The third-order valence-corrected chi connectivity index (χ3v) is 4.79. The van der Waals surface area contributed by atoms with Crippen molar-refractivity contribution in [1.29, 1.82) is 0 Å². The number of hydrogen-bond acceptors (Lipinski definition) is 1. The molecule has 0 aromatic heterocycles. The van der Waals surface area contributed by atoms with Gasteiger partial charge in [-0.3, -0.25) is 0 Å². The minimum Gasteiger partial charge on any atom is -0.303 e. The van der Waals surface area contributed by atoms with Gasteiger partial charge >= 0.3 is 0 Å². The number of rotatable bonds is 17. The molecule has 1 unspecified atom stereocenters. The van der Waals surface area contributed by atoms with E-state index in [-0.39, 0.29) is 12.4 Å². The first kappa shape index (κ1) is 25.2. The zero-order valence-electron chi connectivity index (χ0n) is 16.3.